The lowest BCUT2D eigenvalue weighted by Crippen LogP contribution is -2.53. The Morgan fingerprint density at radius 2 is 1.57 bits per heavy atom. The van der Waals surface area contributed by atoms with Crippen molar-refractivity contribution in [3.8, 4) is 0 Å². The summed E-state index contributed by atoms with van der Waals surface area (Å²) in [7, 11) is 1.90. The summed E-state index contributed by atoms with van der Waals surface area (Å²) >= 11 is 12.7. The number of halogens is 2. The predicted octanol–water partition coefficient (Wildman–Crippen LogP) is 6.60. The maximum atomic E-state index is 14.3. The molecule has 5 rings (SSSR count). The van der Waals surface area contributed by atoms with E-state index < -0.39 is 5.41 Å². The van der Waals surface area contributed by atoms with Crippen LogP contribution in [0.3, 0.4) is 0 Å². The molecule has 40 heavy (non-hydrogen) atoms. The molecule has 0 aromatic heterocycles. The highest BCUT2D eigenvalue weighted by atomic mass is 35.5. The van der Waals surface area contributed by atoms with Gasteiger partial charge in [0.25, 0.3) is 0 Å². The van der Waals surface area contributed by atoms with Crippen molar-refractivity contribution >= 4 is 35.0 Å². The first-order chi connectivity index (χ1) is 19.2. The number of hydrogen-bond donors (Lipinski definition) is 1. The summed E-state index contributed by atoms with van der Waals surface area (Å²) in [5, 5.41) is 4.22. The van der Waals surface area contributed by atoms with Gasteiger partial charge >= 0.3 is 0 Å². The topological polar surface area (TPSA) is 52.7 Å². The molecule has 1 N–H and O–H groups in total. The largest absolute Gasteiger partial charge is 0.347 e. The fraction of sp³-hybridized carbons (Fsp3) is 0.394. The molecule has 1 heterocycles. The number of piperidine rings is 1. The molecule has 210 valence electrons. The average Bonchev–Trinajstić information content (AvgIpc) is 3.69. The molecule has 0 radical (unpaired) electrons. The molecule has 2 fully saturated rings. The molecule has 3 atom stereocenters. The number of likely N-dealkylation sites (tertiary alicyclic amines) is 1. The van der Waals surface area contributed by atoms with Gasteiger partial charge in [-0.05, 0) is 60.9 Å². The summed E-state index contributed by atoms with van der Waals surface area (Å²) in [5.41, 5.74) is 2.17. The molecule has 3 aromatic rings. The molecule has 0 unspecified atom stereocenters. The van der Waals surface area contributed by atoms with E-state index >= 15 is 0 Å². The average molecular weight is 579 g/mol. The minimum Gasteiger partial charge on any atom is -0.347 e. The van der Waals surface area contributed by atoms with E-state index in [1.165, 1.54) is 0 Å². The summed E-state index contributed by atoms with van der Waals surface area (Å²) in [6, 6.07) is 26.0. The van der Waals surface area contributed by atoms with E-state index in [2.05, 4.69) is 41.4 Å². The number of carbonyl (C=O) groups is 2. The molecule has 1 saturated carbocycles. The van der Waals surface area contributed by atoms with Gasteiger partial charge in [-0.3, -0.25) is 9.59 Å². The molecule has 5 nitrogen and oxygen atoms in total. The van der Waals surface area contributed by atoms with Crippen LogP contribution < -0.4 is 5.32 Å². The van der Waals surface area contributed by atoms with Crippen LogP contribution in [0.4, 0.5) is 0 Å². The van der Waals surface area contributed by atoms with Gasteiger partial charge in [-0.25, -0.2) is 0 Å². The van der Waals surface area contributed by atoms with E-state index in [0.717, 1.165) is 55.6 Å². The zero-order valence-corrected chi connectivity index (χ0v) is 24.9. The van der Waals surface area contributed by atoms with Crippen molar-refractivity contribution in [1.82, 2.24) is 15.1 Å². The highest BCUT2D eigenvalue weighted by Gasteiger charge is 2.62. The quantitative estimate of drug-likeness (QED) is 0.328. The van der Waals surface area contributed by atoms with Crippen molar-refractivity contribution < 1.29 is 9.59 Å². The van der Waals surface area contributed by atoms with Crippen LogP contribution in [0.25, 0.3) is 0 Å². The normalized spacial score (nSPS) is 22.8. The van der Waals surface area contributed by atoms with E-state index in [1.807, 2.05) is 60.5 Å². The van der Waals surface area contributed by atoms with Gasteiger partial charge in [0.15, 0.2) is 0 Å². The third kappa shape index (κ3) is 5.52. The number of carbonyl (C=O) groups excluding carboxylic acids is 2. The maximum Gasteiger partial charge on any atom is 0.233 e. The minimum atomic E-state index is -0.641. The van der Waals surface area contributed by atoms with E-state index in [9.17, 15) is 9.59 Å². The number of nitrogens with zero attached hydrogens (tertiary/aromatic N) is 2. The summed E-state index contributed by atoms with van der Waals surface area (Å²) in [5.74, 6) is 0.257. The summed E-state index contributed by atoms with van der Waals surface area (Å²) in [4.78, 5) is 30.8. The van der Waals surface area contributed by atoms with Gasteiger partial charge in [-0.15, -0.1) is 0 Å². The van der Waals surface area contributed by atoms with E-state index in [0.29, 0.717) is 10.0 Å². The van der Waals surface area contributed by atoms with Gasteiger partial charge in [0.1, 0.15) is 0 Å². The van der Waals surface area contributed by atoms with Crippen LogP contribution in [0, 0.1) is 5.92 Å². The number of amides is 2. The number of nitrogens with one attached hydrogen (secondary N) is 1. The molecule has 0 bridgehead atoms. The van der Waals surface area contributed by atoms with Gasteiger partial charge in [0, 0.05) is 33.6 Å². The van der Waals surface area contributed by atoms with Crippen molar-refractivity contribution in [3.63, 3.8) is 0 Å². The third-order valence-corrected chi connectivity index (χ3v) is 9.77. The van der Waals surface area contributed by atoms with Crippen LogP contribution in [-0.4, -0.2) is 48.3 Å². The van der Waals surface area contributed by atoms with Gasteiger partial charge in [0.05, 0.1) is 27.0 Å². The number of benzene rings is 3. The Balaban J connectivity index is 1.36. The van der Waals surface area contributed by atoms with Crippen LogP contribution in [0.2, 0.25) is 10.0 Å². The molecular weight excluding hydrogens is 541 g/mol. The van der Waals surface area contributed by atoms with Gasteiger partial charge in [-0.1, -0.05) is 89.9 Å². The second kappa shape index (κ2) is 11.6. The summed E-state index contributed by atoms with van der Waals surface area (Å²) in [6.45, 7) is 6.15. The Labute approximate surface area is 247 Å². The molecule has 3 aromatic carbocycles. The molecule has 1 aliphatic carbocycles. The van der Waals surface area contributed by atoms with Crippen molar-refractivity contribution in [2.24, 2.45) is 5.92 Å². The molecule has 2 amide bonds. The second-order valence-electron chi connectivity index (χ2n) is 11.4. The molecule has 7 heteroatoms. The molecular formula is C33H37Cl2N3O2. The monoisotopic (exact) mass is 577 g/mol. The lowest BCUT2D eigenvalue weighted by molar-refractivity contribution is -0.135. The zero-order valence-electron chi connectivity index (χ0n) is 23.4. The Morgan fingerprint density at radius 1 is 0.950 bits per heavy atom. The van der Waals surface area contributed by atoms with Gasteiger partial charge in [-0.2, -0.15) is 0 Å². The van der Waals surface area contributed by atoms with Crippen LogP contribution in [0.1, 0.15) is 55.8 Å². The number of hydrogen-bond acceptors (Lipinski definition) is 3. The molecule has 1 aliphatic heterocycles. The second-order valence-corrected chi connectivity index (χ2v) is 12.2. The standard InChI is InChI=1S/C33H37Cl2N3O2/c1-23(25-10-6-4-7-11-25)37(3)31(40)33(27-14-15-29(34)30(35)20-27)21-28(33)22-38-18-16-32(17-19-38,36-24(2)39)26-12-8-5-9-13-26/h4-15,20,23,28H,16-19,21-22H2,1-3H3,(H,36,39)/t23-,28+,33-/m1/s1. The Morgan fingerprint density at radius 3 is 2.17 bits per heavy atom. The van der Waals surface area contributed by atoms with Gasteiger partial charge in [0.2, 0.25) is 11.8 Å². The fourth-order valence-corrected chi connectivity index (χ4v) is 6.82. The van der Waals surface area contributed by atoms with E-state index in [4.69, 9.17) is 23.2 Å². The Kier molecular flexibility index (Phi) is 8.28. The van der Waals surface area contributed by atoms with Gasteiger partial charge < -0.3 is 15.1 Å². The fourth-order valence-electron chi connectivity index (χ4n) is 6.52. The Hall–Kier alpha value is -2.86. The van der Waals surface area contributed by atoms with E-state index in [-0.39, 0.29) is 29.3 Å². The van der Waals surface area contributed by atoms with Crippen LogP contribution in [0.5, 0.6) is 0 Å². The molecule has 2 aliphatic rings. The highest BCUT2D eigenvalue weighted by Crippen LogP contribution is 2.57. The maximum absolute atomic E-state index is 14.3. The molecule has 0 spiro atoms. The smallest absolute Gasteiger partial charge is 0.233 e. The number of rotatable bonds is 8. The third-order valence-electron chi connectivity index (χ3n) is 9.03. The minimum absolute atomic E-state index is 0.0145. The van der Waals surface area contributed by atoms with Crippen molar-refractivity contribution in [1.29, 1.82) is 0 Å². The first kappa shape index (κ1) is 28.7. The van der Waals surface area contributed by atoms with Crippen molar-refractivity contribution in [2.45, 2.75) is 50.1 Å². The first-order valence-electron chi connectivity index (χ1n) is 14.0. The Bertz CT molecular complexity index is 1360. The molecule has 1 saturated heterocycles. The number of likely N-dealkylation sites (N-methyl/N-ethyl adjacent to an activating group) is 1. The van der Waals surface area contributed by atoms with E-state index in [1.54, 1.807) is 13.0 Å². The zero-order chi connectivity index (χ0) is 28.5. The first-order valence-corrected chi connectivity index (χ1v) is 14.8. The van der Waals surface area contributed by atoms with Crippen molar-refractivity contribution in [2.75, 3.05) is 26.7 Å². The lowest BCUT2D eigenvalue weighted by Gasteiger charge is -2.43. The summed E-state index contributed by atoms with van der Waals surface area (Å²) in [6.07, 6.45) is 2.41. The van der Waals surface area contributed by atoms with Crippen LogP contribution in [0.15, 0.2) is 78.9 Å². The SMILES string of the molecule is CC(=O)NC1(c2ccccc2)CCN(C[C@@H]2C[C@@]2(C(=O)N(C)[C@H](C)c2ccccc2)c2ccc(Cl)c(Cl)c2)CC1. The highest BCUT2D eigenvalue weighted by molar-refractivity contribution is 6.42. The van der Waals surface area contributed by atoms with Crippen molar-refractivity contribution in [3.05, 3.63) is 106 Å². The lowest BCUT2D eigenvalue weighted by atomic mass is 9.80. The van der Waals surface area contributed by atoms with Crippen LogP contribution >= 0.6 is 23.2 Å². The predicted molar refractivity (Wildman–Crippen MR) is 161 cm³/mol. The van der Waals surface area contributed by atoms with Crippen LogP contribution in [-0.2, 0) is 20.5 Å². The summed E-state index contributed by atoms with van der Waals surface area (Å²) < 4.78 is 0.